The zero-order valence-electron chi connectivity index (χ0n) is 11.4. The topological polar surface area (TPSA) is 86.1 Å². The van der Waals surface area contributed by atoms with Gasteiger partial charge in [0.05, 0.1) is 25.0 Å². The van der Waals surface area contributed by atoms with Crippen LogP contribution in [0.15, 0.2) is 27.0 Å². The summed E-state index contributed by atoms with van der Waals surface area (Å²) in [5, 5.41) is 9.90. The Morgan fingerprint density at radius 1 is 1.62 bits per heavy atom. The number of methoxy groups -OCH3 is 1. The molecule has 9 heteroatoms. The fourth-order valence-electron chi connectivity index (χ4n) is 1.61. The minimum atomic E-state index is -0.534. The van der Waals surface area contributed by atoms with E-state index in [-0.39, 0.29) is 12.6 Å². The number of nitrogens with zero attached hydrogens (tertiary/aromatic N) is 3. The third-order valence-corrected chi connectivity index (χ3v) is 4.41. The normalized spacial score (nSPS) is 12.0. The number of carbonyl (C=O) groups is 1. The van der Waals surface area contributed by atoms with Gasteiger partial charge in [-0.3, -0.25) is 9.59 Å². The van der Waals surface area contributed by atoms with E-state index in [9.17, 15) is 9.59 Å². The highest BCUT2D eigenvalue weighted by Gasteiger charge is 2.15. The van der Waals surface area contributed by atoms with Crippen molar-refractivity contribution in [3.05, 3.63) is 37.6 Å². The van der Waals surface area contributed by atoms with Crippen molar-refractivity contribution in [2.75, 3.05) is 12.4 Å². The molecular formula is C12H13BrN4O3S. The molecule has 1 atom stereocenters. The summed E-state index contributed by atoms with van der Waals surface area (Å²) in [6.07, 6.45) is 3.21. The Labute approximate surface area is 133 Å². The second kappa shape index (κ2) is 6.81. The van der Waals surface area contributed by atoms with Crippen LogP contribution in [-0.2, 0) is 16.1 Å². The highest BCUT2D eigenvalue weighted by molar-refractivity contribution is 9.10. The Morgan fingerprint density at radius 3 is 3.00 bits per heavy atom. The molecule has 21 heavy (non-hydrogen) atoms. The molecule has 1 unspecified atom stereocenters. The summed E-state index contributed by atoms with van der Waals surface area (Å²) >= 11 is 4.75. The average Bonchev–Trinajstić information content (AvgIpc) is 3.01. The minimum Gasteiger partial charge on any atom is -0.468 e. The Morgan fingerprint density at radius 2 is 2.38 bits per heavy atom. The van der Waals surface area contributed by atoms with Gasteiger partial charge in [-0.1, -0.05) is 0 Å². The lowest BCUT2D eigenvalue weighted by atomic mass is 10.3. The van der Waals surface area contributed by atoms with Crippen molar-refractivity contribution >= 4 is 38.9 Å². The number of hydrogen-bond donors (Lipinski definition) is 1. The Bertz CT molecular complexity index is 686. The van der Waals surface area contributed by atoms with Gasteiger partial charge in [-0.15, -0.1) is 11.3 Å². The van der Waals surface area contributed by atoms with E-state index in [2.05, 4.69) is 36.1 Å². The molecule has 2 rings (SSSR count). The number of anilines is 1. The van der Waals surface area contributed by atoms with Crippen molar-refractivity contribution in [2.24, 2.45) is 0 Å². The Balaban J connectivity index is 2.21. The van der Waals surface area contributed by atoms with E-state index in [1.54, 1.807) is 6.20 Å². The summed E-state index contributed by atoms with van der Waals surface area (Å²) in [4.78, 5) is 27.5. The third-order valence-electron chi connectivity index (χ3n) is 2.69. The first-order valence-corrected chi connectivity index (χ1v) is 7.68. The van der Waals surface area contributed by atoms with E-state index in [1.165, 1.54) is 24.6 Å². The lowest BCUT2D eigenvalue weighted by Crippen LogP contribution is -2.28. The molecular weight excluding hydrogens is 360 g/mol. The van der Waals surface area contributed by atoms with E-state index >= 15 is 0 Å². The summed E-state index contributed by atoms with van der Waals surface area (Å²) in [5.74, 6) is -0.534. The van der Waals surface area contributed by atoms with Gasteiger partial charge in [-0.25, -0.2) is 9.67 Å². The Kier molecular flexibility index (Phi) is 5.07. The Hall–Kier alpha value is -1.74. The maximum atomic E-state index is 12.1. The summed E-state index contributed by atoms with van der Waals surface area (Å²) in [7, 11) is 1.26. The second-order valence-corrected chi connectivity index (χ2v) is 5.87. The zero-order chi connectivity index (χ0) is 15.4. The molecule has 0 aliphatic carbocycles. The molecule has 0 saturated carbocycles. The number of aromatic nitrogens is 3. The highest BCUT2D eigenvalue weighted by atomic mass is 79.9. The minimum absolute atomic E-state index is 0.0565. The van der Waals surface area contributed by atoms with Gasteiger partial charge in [0.25, 0.3) is 5.56 Å². The number of thiazole rings is 1. The molecule has 0 saturated heterocycles. The van der Waals surface area contributed by atoms with Gasteiger partial charge >= 0.3 is 5.97 Å². The maximum absolute atomic E-state index is 12.1. The van der Waals surface area contributed by atoms with Gasteiger partial charge in [0.2, 0.25) is 0 Å². The molecule has 0 fully saturated rings. The predicted octanol–water partition coefficient (Wildman–Crippen LogP) is 1.81. The van der Waals surface area contributed by atoms with Gasteiger partial charge in [-0.05, 0) is 22.9 Å². The number of nitrogens with one attached hydrogen (secondary N) is 1. The van der Waals surface area contributed by atoms with Gasteiger partial charge in [0, 0.05) is 11.6 Å². The lowest BCUT2D eigenvalue weighted by molar-refractivity contribution is -0.141. The first-order chi connectivity index (χ1) is 10.0. The molecule has 1 N–H and O–H groups in total. The first-order valence-electron chi connectivity index (χ1n) is 6.01. The van der Waals surface area contributed by atoms with E-state index in [0.717, 1.165) is 9.69 Å². The molecule has 0 bridgehead atoms. The number of halogens is 1. The van der Waals surface area contributed by atoms with Crippen LogP contribution in [0.4, 0.5) is 5.69 Å². The molecule has 2 aromatic heterocycles. The SMILES string of the molecule is COC(=O)Cn1ncc(NC(C)c2nccs2)c(Br)c1=O. The maximum Gasteiger partial charge on any atom is 0.327 e. The standard InChI is InChI=1S/C12H13BrN4O3S/c1-7(11-14-3-4-21-11)16-8-5-15-17(6-9(18)20-2)12(19)10(8)13/h3-5,7,16H,6H2,1-2H3. The van der Waals surface area contributed by atoms with Crippen LogP contribution in [0.3, 0.4) is 0 Å². The molecule has 0 spiro atoms. The fraction of sp³-hybridized carbons (Fsp3) is 0.333. The van der Waals surface area contributed by atoms with Crippen LogP contribution in [0.25, 0.3) is 0 Å². The number of carbonyl (C=O) groups excluding carboxylic acids is 1. The van der Waals surface area contributed by atoms with Crippen LogP contribution in [0.1, 0.15) is 18.0 Å². The van der Waals surface area contributed by atoms with Crippen LogP contribution >= 0.6 is 27.3 Å². The second-order valence-electron chi connectivity index (χ2n) is 4.15. The molecule has 7 nitrogen and oxygen atoms in total. The van der Waals surface area contributed by atoms with E-state index < -0.39 is 11.5 Å². The van der Waals surface area contributed by atoms with Crippen molar-refractivity contribution in [3.63, 3.8) is 0 Å². The largest absolute Gasteiger partial charge is 0.468 e. The van der Waals surface area contributed by atoms with E-state index in [1.807, 2.05) is 12.3 Å². The van der Waals surface area contributed by atoms with Gasteiger partial charge in [0.1, 0.15) is 16.0 Å². The molecule has 0 amide bonds. The highest BCUT2D eigenvalue weighted by Crippen LogP contribution is 2.24. The molecule has 2 heterocycles. The number of hydrogen-bond acceptors (Lipinski definition) is 7. The molecule has 0 aliphatic rings. The molecule has 2 aromatic rings. The van der Waals surface area contributed by atoms with Crippen molar-refractivity contribution in [3.8, 4) is 0 Å². The summed E-state index contributed by atoms with van der Waals surface area (Å²) in [6.45, 7) is 1.71. The number of ether oxygens (including phenoxy) is 1. The molecule has 0 radical (unpaired) electrons. The van der Waals surface area contributed by atoms with Crippen LogP contribution in [-0.4, -0.2) is 27.8 Å². The van der Waals surface area contributed by atoms with Crippen molar-refractivity contribution in [1.82, 2.24) is 14.8 Å². The predicted molar refractivity (Wildman–Crippen MR) is 82.4 cm³/mol. The summed E-state index contributed by atoms with van der Waals surface area (Å²) in [6, 6.07) is -0.0565. The van der Waals surface area contributed by atoms with Crippen LogP contribution in [0, 0.1) is 0 Å². The summed E-state index contributed by atoms with van der Waals surface area (Å²) < 4.78 is 5.86. The first kappa shape index (κ1) is 15.6. The third kappa shape index (κ3) is 3.67. The molecule has 0 aromatic carbocycles. The average molecular weight is 373 g/mol. The molecule has 0 aliphatic heterocycles. The van der Waals surface area contributed by atoms with Gasteiger partial charge in [-0.2, -0.15) is 5.10 Å². The summed E-state index contributed by atoms with van der Waals surface area (Å²) in [5.41, 5.74) is 0.139. The fourth-order valence-corrected chi connectivity index (χ4v) is 2.68. The van der Waals surface area contributed by atoms with Crippen molar-refractivity contribution in [1.29, 1.82) is 0 Å². The van der Waals surface area contributed by atoms with Gasteiger partial charge < -0.3 is 10.1 Å². The smallest absolute Gasteiger partial charge is 0.327 e. The van der Waals surface area contributed by atoms with Crippen LogP contribution < -0.4 is 10.9 Å². The number of rotatable bonds is 5. The van der Waals surface area contributed by atoms with E-state index in [4.69, 9.17) is 0 Å². The van der Waals surface area contributed by atoms with Crippen LogP contribution in [0.2, 0.25) is 0 Å². The zero-order valence-corrected chi connectivity index (χ0v) is 13.8. The van der Waals surface area contributed by atoms with Gasteiger partial charge in [0.15, 0.2) is 0 Å². The van der Waals surface area contributed by atoms with Crippen molar-refractivity contribution in [2.45, 2.75) is 19.5 Å². The lowest BCUT2D eigenvalue weighted by Gasteiger charge is -2.14. The monoisotopic (exact) mass is 372 g/mol. The van der Waals surface area contributed by atoms with E-state index in [0.29, 0.717) is 10.2 Å². The van der Waals surface area contributed by atoms with Crippen molar-refractivity contribution < 1.29 is 9.53 Å². The quantitative estimate of drug-likeness (QED) is 0.805. The molecule has 112 valence electrons. The number of esters is 1. The van der Waals surface area contributed by atoms with Crippen LogP contribution in [0.5, 0.6) is 0 Å².